The van der Waals surface area contributed by atoms with Gasteiger partial charge in [0.05, 0.1) is 19.1 Å². The summed E-state index contributed by atoms with van der Waals surface area (Å²) in [6.07, 6.45) is 1.12. The smallest absolute Gasteiger partial charge is 0.244 e. The van der Waals surface area contributed by atoms with E-state index >= 15 is 0 Å². The Hall–Kier alpha value is -0.940. The Bertz CT molecular complexity index is 224. The first-order valence-electron chi connectivity index (χ1n) is 4.87. The highest BCUT2D eigenvalue weighted by molar-refractivity contribution is 6.05. The number of carbonyl (C=O) groups excluding carboxylic acids is 2. The molecule has 0 bridgehead atoms. The summed E-state index contributed by atoms with van der Waals surface area (Å²) in [6, 6.07) is -0.380. The Morgan fingerprint density at radius 2 is 2.21 bits per heavy atom. The van der Waals surface area contributed by atoms with E-state index in [0.29, 0.717) is 6.54 Å². The molecule has 5 heteroatoms. The number of hydrogen-bond donors (Lipinski definition) is 2. The number of carbonyl (C=O) groups is 2. The van der Waals surface area contributed by atoms with Crippen LogP contribution in [0.25, 0.3) is 0 Å². The molecular formula is C9H16N2O3. The molecule has 1 unspecified atom stereocenters. The van der Waals surface area contributed by atoms with Crippen LogP contribution in [-0.4, -0.2) is 47.6 Å². The monoisotopic (exact) mass is 200 g/mol. The lowest BCUT2D eigenvalue weighted by Crippen LogP contribution is -2.42. The minimum absolute atomic E-state index is 0.0119. The third-order valence-corrected chi connectivity index (χ3v) is 2.28. The van der Waals surface area contributed by atoms with Crippen molar-refractivity contribution in [1.29, 1.82) is 0 Å². The van der Waals surface area contributed by atoms with Gasteiger partial charge >= 0.3 is 0 Å². The first kappa shape index (κ1) is 11.1. The number of nitrogens with zero attached hydrogens (tertiary/aromatic N) is 1. The van der Waals surface area contributed by atoms with Gasteiger partial charge in [-0.3, -0.25) is 19.8 Å². The van der Waals surface area contributed by atoms with Gasteiger partial charge in [0, 0.05) is 6.54 Å². The van der Waals surface area contributed by atoms with Crippen LogP contribution < -0.4 is 5.32 Å². The summed E-state index contributed by atoms with van der Waals surface area (Å²) in [5.74, 6) is -0.462. The van der Waals surface area contributed by atoms with Crippen molar-refractivity contribution < 1.29 is 14.7 Å². The van der Waals surface area contributed by atoms with E-state index in [0.717, 1.165) is 13.0 Å². The molecule has 80 valence electrons. The van der Waals surface area contributed by atoms with Crippen molar-refractivity contribution >= 4 is 11.8 Å². The molecular weight excluding hydrogens is 184 g/mol. The largest absolute Gasteiger partial charge is 0.395 e. The number of aliphatic hydroxyl groups excluding tert-OH is 1. The second-order valence-corrected chi connectivity index (χ2v) is 3.39. The van der Waals surface area contributed by atoms with E-state index in [4.69, 9.17) is 5.11 Å². The van der Waals surface area contributed by atoms with Crippen molar-refractivity contribution in [1.82, 2.24) is 10.2 Å². The predicted octanol–water partition coefficient (Wildman–Crippen LogP) is -0.894. The third kappa shape index (κ3) is 2.52. The van der Waals surface area contributed by atoms with Crippen molar-refractivity contribution in [2.45, 2.75) is 25.8 Å². The highest BCUT2D eigenvalue weighted by Crippen LogP contribution is 2.10. The minimum atomic E-state index is -0.380. The van der Waals surface area contributed by atoms with Gasteiger partial charge in [-0.1, -0.05) is 6.92 Å². The van der Waals surface area contributed by atoms with Gasteiger partial charge in [-0.05, 0) is 13.0 Å². The number of rotatable bonds is 5. The van der Waals surface area contributed by atoms with Crippen LogP contribution in [-0.2, 0) is 9.59 Å². The average molecular weight is 200 g/mol. The molecule has 1 aliphatic heterocycles. The number of amides is 2. The molecule has 0 aromatic rings. The zero-order chi connectivity index (χ0) is 10.6. The molecule has 1 saturated heterocycles. The van der Waals surface area contributed by atoms with Crippen LogP contribution in [0, 0.1) is 0 Å². The molecule has 0 saturated carbocycles. The van der Waals surface area contributed by atoms with Gasteiger partial charge in [0.1, 0.15) is 0 Å². The fourth-order valence-electron chi connectivity index (χ4n) is 1.67. The highest BCUT2D eigenvalue weighted by Gasteiger charge is 2.34. The predicted molar refractivity (Wildman–Crippen MR) is 50.5 cm³/mol. The van der Waals surface area contributed by atoms with E-state index in [-0.39, 0.29) is 30.9 Å². The highest BCUT2D eigenvalue weighted by atomic mass is 16.3. The lowest BCUT2D eigenvalue weighted by molar-refractivity contribution is -0.126. The topological polar surface area (TPSA) is 69.6 Å². The standard InChI is InChI=1S/C9H16N2O3/c1-2-3-11(4-5-12)7-6-8(13)10-9(7)14/h7,12H,2-6H2,1H3,(H,10,13,14). The van der Waals surface area contributed by atoms with Gasteiger partial charge in [-0.15, -0.1) is 0 Å². The Labute approximate surface area is 83.1 Å². The summed E-state index contributed by atoms with van der Waals surface area (Å²) in [5.41, 5.74) is 0. The van der Waals surface area contributed by atoms with Crippen LogP contribution in [0.1, 0.15) is 19.8 Å². The maximum atomic E-state index is 11.3. The minimum Gasteiger partial charge on any atom is -0.395 e. The Kier molecular flexibility index (Phi) is 4.03. The van der Waals surface area contributed by atoms with E-state index in [9.17, 15) is 9.59 Å². The van der Waals surface area contributed by atoms with Crippen molar-refractivity contribution in [3.63, 3.8) is 0 Å². The van der Waals surface area contributed by atoms with Gasteiger partial charge in [0.2, 0.25) is 11.8 Å². The summed E-state index contributed by atoms with van der Waals surface area (Å²) in [6.45, 7) is 3.18. The van der Waals surface area contributed by atoms with E-state index in [1.54, 1.807) is 0 Å². The SMILES string of the molecule is CCCN(CCO)C1CC(=O)NC1=O. The number of imide groups is 1. The molecule has 1 rings (SSSR count). The quantitative estimate of drug-likeness (QED) is 0.565. The van der Waals surface area contributed by atoms with Gasteiger partial charge in [0.25, 0.3) is 0 Å². The van der Waals surface area contributed by atoms with Crippen molar-refractivity contribution in [2.75, 3.05) is 19.7 Å². The van der Waals surface area contributed by atoms with E-state index in [1.807, 2.05) is 11.8 Å². The molecule has 1 aliphatic rings. The molecule has 1 fully saturated rings. The molecule has 0 spiro atoms. The molecule has 2 amide bonds. The molecule has 1 atom stereocenters. The summed E-state index contributed by atoms with van der Waals surface area (Å²) in [4.78, 5) is 24.1. The van der Waals surface area contributed by atoms with Gasteiger partial charge < -0.3 is 5.11 Å². The van der Waals surface area contributed by atoms with E-state index < -0.39 is 0 Å². The number of hydrogen-bond acceptors (Lipinski definition) is 4. The second kappa shape index (κ2) is 5.07. The first-order chi connectivity index (χ1) is 6.69. The molecule has 0 aromatic heterocycles. The fraction of sp³-hybridized carbons (Fsp3) is 0.778. The molecule has 14 heavy (non-hydrogen) atoms. The van der Waals surface area contributed by atoms with Crippen molar-refractivity contribution in [2.24, 2.45) is 0 Å². The van der Waals surface area contributed by atoms with Crippen molar-refractivity contribution in [3.05, 3.63) is 0 Å². The van der Waals surface area contributed by atoms with Crippen LogP contribution in [0.2, 0.25) is 0 Å². The lowest BCUT2D eigenvalue weighted by atomic mass is 10.2. The molecule has 2 N–H and O–H groups in total. The van der Waals surface area contributed by atoms with Crippen LogP contribution >= 0.6 is 0 Å². The molecule has 5 nitrogen and oxygen atoms in total. The van der Waals surface area contributed by atoms with Gasteiger partial charge in [-0.25, -0.2) is 0 Å². The zero-order valence-electron chi connectivity index (χ0n) is 8.32. The van der Waals surface area contributed by atoms with Gasteiger partial charge in [0.15, 0.2) is 0 Å². The maximum Gasteiger partial charge on any atom is 0.244 e. The Morgan fingerprint density at radius 1 is 1.50 bits per heavy atom. The third-order valence-electron chi connectivity index (χ3n) is 2.28. The fourth-order valence-corrected chi connectivity index (χ4v) is 1.67. The van der Waals surface area contributed by atoms with Gasteiger partial charge in [-0.2, -0.15) is 0 Å². The van der Waals surface area contributed by atoms with Crippen LogP contribution in [0.5, 0.6) is 0 Å². The summed E-state index contributed by atoms with van der Waals surface area (Å²) in [7, 11) is 0. The second-order valence-electron chi connectivity index (χ2n) is 3.39. The summed E-state index contributed by atoms with van der Waals surface area (Å²) in [5, 5.41) is 11.1. The van der Waals surface area contributed by atoms with Crippen LogP contribution in [0.3, 0.4) is 0 Å². The molecule has 0 radical (unpaired) electrons. The maximum absolute atomic E-state index is 11.3. The summed E-state index contributed by atoms with van der Waals surface area (Å²) < 4.78 is 0. The average Bonchev–Trinajstić information content (AvgIpc) is 2.45. The normalized spacial score (nSPS) is 21.8. The van der Waals surface area contributed by atoms with Crippen LogP contribution in [0.15, 0.2) is 0 Å². The molecule has 0 aliphatic carbocycles. The molecule has 0 aromatic carbocycles. The first-order valence-corrected chi connectivity index (χ1v) is 4.87. The lowest BCUT2D eigenvalue weighted by Gasteiger charge is -2.24. The zero-order valence-corrected chi connectivity index (χ0v) is 8.32. The van der Waals surface area contributed by atoms with Crippen molar-refractivity contribution in [3.8, 4) is 0 Å². The molecule has 1 heterocycles. The Balaban J connectivity index is 2.58. The van der Waals surface area contributed by atoms with E-state index in [1.165, 1.54) is 0 Å². The summed E-state index contributed by atoms with van der Waals surface area (Å²) >= 11 is 0. The Morgan fingerprint density at radius 3 is 2.64 bits per heavy atom. The number of aliphatic hydroxyl groups is 1. The van der Waals surface area contributed by atoms with Crippen LogP contribution in [0.4, 0.5) is 0 Å². The number of nitrogens with one attached hydrogen (secondary N) is 1. The van der Waals surface area contributed by atoms with E-state index in [2.05, 4.69) is 5.32 Å².